The van der Waals surface area contributed by atoms with Crippen LogP contribution in [0.15, 0.2) is 71.6 Å². The fourth-order valence-electron chi connectivity index (χ4n) is 4.35. The summed E-state index contributed by atoms with van der Waals surface area (Å²) in [7, 11) is -1.43. The molecule has 3 aromatic rings. The molecule has 12 heteroatoms. The van der Waals surface area contributed by atoms with Gasteiger partial charge in [0.05, 0.1) is 34.8 Å². The second-order valence-electron chi connectivity index (χ2n) is 9.35. The molecule has 2 amide bonds. The molecule has 0 unspecified atom stereocenters. The van der Waals surface area contributed by atoms with Crippen LogP contribution < -0.4 is 19.1 Å². The quantitative estimate of drug-likeness (QED) is 0.249. The number of anilines is 1. The number of hydrogen-bond donors (Lipinski definition) is 1. The molecule has 42 heavy (non-hydrogen) atoms. The summed E-state index contributed by atoms with van der Waals surface area (Å²) in [5.74, 6) is -0.331. The zero-order valence-electron chi connectivity index (χ0n) is 24.0. The molecule has 0 spiro atoms. The Kier molecular flexibility index (Phi) is 11.9. The first-order valence-electron chi connectivity index (χ1n) is 13.4. The molecule has 3 aromatic carbocycles. The van der Waals surface area contributed by atoms with Gasteiger partial charge in [0.15, 0.2) is 11.5 Å². The lowest BCUT2D eigenvalue weighted by molar-refractivity contribution is -0.140. The molecule has 0 aliphatic rings. The number of benzene rings is 3. The van der Waals surface area contributed by atoms with E-state index in [1.54, 1.807) is 55.5 Å². The second kappa shape index (κ2) is 15.1. The first-order valence-corrected chi connectivity index (χ1v) is 15.6. The van der Waals surface area contributed by atoms with Crippen LogP contribution in [-0.2, 0) is 26.2 Å². The second-order valence-corrected chi connectivity index (χ2v) is 12.0. The van der Waals surface area contributed by atoms with E-state index in [0.717, 1.165) is 4.31 Å². The monoisotopic (exact) mass is 635 g/mol. The van der Waals surface area contributed by atoms with Crippen molar-refractivity contribution in [2.75, 3.05) is 31.6 Å². The van der Waals surface area contributed by atoms with Gasteiger partial charge in [0.2, 0.25) is 11.8 Å². The molecule has 0 aromatic heterocycles. The molecule has 1 N–H and O–H groups in total. The highest BCUT2D eigenvalue weighted by atomic mass is 35.5. The number of halogens is 2. The molecule has 0 saturated carbocycles. The lowest BCUT2D eigenvalue weighted by Crippen LogP contribution is -2.52. The van der Waals surface area contributed by atoms with Crippen LogP contribution in [0.25, 0.3) is 0 Å². The Morgan fingerprint density at radius 2 is 1.60 bits per heavy atom. The lowest BCUT2D eigenvalue weighted by atomic mass is 10.1. The number of para-hydroxylation sites is 1. The Balaban J connectivity index is 2.07. The minimum Gasteiger partial charge on any atom is -0.493 e. The standard InChI is InChI=1S/C30H35Cl2N3O6S/c1-5-16-33-30(37)26(6-2)34(19-21-12-14-24(31)25(32)17-21)29(36)20-35(22-10-8-7-9-11-22)42(38,39)23-13-15-27(40-3)28(18-23)41-4/h7-15,17-18,26H,5-6,16,19-20H2,1-4H3,(H,33,37)/t26-/m1/s1. The Morgan fingerprint density at radius 1 is 0.905 bits per heavy atom. The van der Waals surface area contributed by atoms with Crippen LogP contribution in [0, 0.1) is 0 Å². The Labute approximate surface area is 257 Å². The summed E-state index contributed by atoms with van der Waals surface area (Å²) in [4.78, 5) is 28.6. The van der Waals surface area contributed by atoms with Crippen LogP contribution in [0.1, 0.15) is 32.3 Å². The highest BCUT2D eigenvalue weighted by molar-refractivity contribution is 7.92. The Bertz CT molecular complexity index is 1490. The molecule has 0 fully saturated rings. The normalized spacial score (nSPS) is 11.9. The van der Waals surface area contributed by atoms with Gasteiger partial charge >= 0.3 is 0 Å². The van der Waals surface area contributed by atoms with Crippen LogP contribution in [0.3, 0.4) is 0 Å². The lowest BCUT2D eigenvalue weighted by Gasteiger charge is -2.33. The number of ether oxygens (including phenoxy) is 2. The van der Waals surface area contributed by atoms with Gasteiger partial charge < -0.3 is 19.7 Å². The zero-order valence-corrected chi connectivity index (χ0v) is 26.3. The number of nitrogens with one attached hydrogen (secondary N) is 1. The molecular weight excluding hydrogens is 601 g/mol. The molecule has 9 nitrogen and oxygen atoms in total. The van der Waals surface area contributed by atoms with Crippen molar-refractivity contribution >= 4 is 50.7 Å². The molecule has 0 aliphatic carbocycles. The van der Waals surface area contributed by atoms with Crippen molar-refractivity contribution in [2.45, 2.75) is 44.2 Å². The van der Waals surface area contributed by atoms with Crippen LogP contribution in [0.2, 0.25) is 10.0 Å². The van der Waals surface area contributed by atoms with Gasteiger partial charge in [-0.1, -0.05) is 61.3 Å². The van der Waals surface area contributed by atoms with Crippen molar-refractivity contribution in [1.29, 1.82) is 0 Å². The van der Waals surface area contributed by atoms with E-state index in [1.807, 2.05) is 6.92 Å². The number of sulfonamides is 1. The fourth-order valence-corrected chi connectivity index (χ4v) is 6.10. The highest BCUT2D eigenvalue weighted by Gasteiger charge is 2.34. The molecule has 0 heterocycles. The third-order valence-corrected chi connectivity index (χ3v) is 9.05. The summed E-state index contributed by atoms with van der Waals surface area (Å²) in [6.07, 6.45) is 1.02. The maximum atomic E-state index is 14.1. The van der Waals surface area contributed by atoms with Crippen LogP contribution >= 0.6 is 23.2 Å². The van der Waals surface area contributed by atoms with Crippen molar-refractivity contribution in [3.8, 4) is 11.5 Å². The van der Waals surface area contributed by atoms with Crippen LogP contribution in [-0.4, -0.2) is 58.5 Å². The SMILES string of the molecule is CCCNC(=O)[C@@H](CC)N(Cc1ccc(Cl)c(Cl)c1)C(=O)CN(c1ccccc1)S(=O)(=O)c1ccc(OC)c(OC)c1. The van der Waals surface area contributed by atoms with E-state index < -0.39 is 28.5 Å². The van der Waals surface area contributed by atoms with Crippen molar-refractivity contribution < 1.29 is 27.5 Å². The van der Waals surface area contributed by atoms with Crippen molar-refractivity contribution in [2.24, 2.45) is 0 Å². The molecule has 3 rings (SSSR count). The Hall–Kier alpha value is -3.47. The summed E-state index contributed by atoms with van der Waals surface area (Å²) in [5, 5.41) is 3.50. The fraction of sp³-hybridized carbons (Fsp3) is 0.333. The molecule has 226 valence electrons. The minimum atomic E-state index is -4.28. The van der Waals surface area contributed by atoms with Gasteiger partial charge in [0, 0.05) is 19.2 Å². The maximum absolute atomic E-state index is 14.1. The van der Waals surface area contributed by atoms with E-state index in [9.17, 15) is 18.0 Å². The molecule has 0 saturated heterocycles. The average molecular weight is 637 g/mol. The minimum absolute atomic E-state index is 0.00676. The number of rotatable bonds is 14. The van der Waals surface area contributed by atoms with E-state index in [1.165, 1.54) is 37.3 Å². The van der Waals surface area contributed by atoms with Gasteiger partial charge in [-0.2, -0.15) is 0 Å². The molecule has 0 radical (unpaired) electrons. The summed E-state index contributed by atoms with van der Waals surface area (Å²) >= 11 is 12.3. The van der Waals surface area contributed by atoms with Crippen molar-refractivity contribution in [3.05, 3.63) is 82.3 Å². The van der Waals surface area contributed by atoms with Crippen molar-refractivity contribution in [1.82, 2.24) is 10.2 Å². The highest BCUT2D eigenvalue weighted by Crippen LogP contribution is 2.32. The van der Waals surface area contributed by atoms with E-state index >= 15 is 0 Å². The predicted molar refractivity (Wildman–Crippen MR) is 165 cm³/mol. The number of methoxy groups -OCH3 is 2. The average Bonchev–Trinajstić information content (AvgIpc) is 3.00. The summed E-state index contributed by atoms with van der Waals surface area (Å²) in [6.45, 7) is 3.59. The third kappa shape index (κ3) is 7.87. The smallest absolute Gasteiger partial charge is 0.264 e. The van der Waals surface area contributed by atoms with E-state index in [0.29, 0.717) is 40.7 Å². The molecule has 0 bridgehead atoms. The molecule has 1 atom stereocenters. The van der Waals surface area contributed by atoms with Gasteiger partial charge in [-0.15, -0.1) is 0 Å². The number of amides is 2. The Morgan fingerprint density at radius 3 is 2.19 bits per heavy atom. The zero-order chi connectivity index (χ0) is 30.9. The number of carbonyl (C=O) groups is 2. The first kappa shape index (κ1) is 33.0. The van der Waals surface area contributed by atoms with E-state index in [4.69, 9.17) is 32.7 Å². The van der Waals surface area contributed by atoms with Crippen LogP contribution in [0.5, 0.6) is 11.5 Å². The van der Waals surface area contributed by atoms with Gasteiger partial charge in [0.1, 0.15) is 12.6 Å². The number of nitrogens with zero attached hydrogens (tertiary/aromatic N) is 2. The van der Waals surface area contributed by atoms with Gasteiger partial charge in [0.25, 0.3) is 10.0 Å². The number of hydrogen-bond acceptors (Lipinski definition) is 6. The van der Waals surface area contributed by atoms with E-state index in [2.05, 4.69) is 5.32 Å². The molecule has 0 aliphatic heterocycles. The van der Waals surface area contributed by atoms with Crippen LogP contribution in [0.4, 0.5) is 5.69 Å². The van der Waals surface area contributed by atoms with Gasteiger partial charge in [-0.25, -0.2) is 8.42 Å². The summed E-state index contributed by atoms with van der Waals surface area (Å²) < 4.78 is 39.7. The van der Waals surface area contributed by atoms with Gasteiger partial charge in [-0.3, -0.25) is 13.9 Å². The third-order valence-electron chi connectivity index (χ3n) is 6.54. The first-order chi connectivity index (χ1) is 20.1. The topological polar surface area (TPSA) is 105 Å². The summed E-state index contributed by atoms with van der Waals surface area (Å²) in [6, 6.07) is 16.6. The maximum Gasteiger partial charge on any atom is 0.264 e. The van der Waals surface area contributed by atoms with E-state index in [-0.39, 0.29) is 28.8 Å². The number of carbonyl (C=O) groups excluding carboxylic acids is 2. The largest absolute Gasteiger partial charge is 0.493 e. The van der Waals surface area contributed by atoms with Crippen molar-refractivity contribution in [3.63, 3.8) is 0 Å². The summed E-state index contributed by atoms with van der Waals surface area (Å²) in [5.41, 5.74) is 0.909. The van der Waals surface area contributed by atoms with Gasteiger partial charge in [-0.05, 0) is 54.8 Å². The molecular formula is C30H35Cl2N3O6S. The predicted octanol–water partition coefficient (Wildman–Crippen LogP) is 5.54.